The van der Waals surface area contributed by atoms with E-state index in [0.29, 0.717) is 28.4 Å². The summed E-state index contributed by atoms with van der Waals surface area (Å²) in [5.74, 6) is -0.197. The minimum Gasteiger partial charge on any atom is -0.494 e. The minimum atomic E-state index is -0.563. The SMILES string of the molecule is COc1cc(NC(=O)c2ccccc2)c(OC)cc1NC(=O)C[C@@H]1Sc2ccccc2NC1=O. The maximum atomic E-state index is 12.8. The number of hydrogen-bond donors (Lipinski definition) is 3. The predicted octanol–water partition coefficient (Wildman–Crippen LogP) is 4.40. The number of fused-ring (bicyclic) bond motifs is 1. The number of thioether (sulfide) groups is 1. The van der Waals surface area contributed by atoms with Crippen molar-refractivity contribution in [2.75, 3.05) is 30.2 Å². The molecule has 0 saturated carbocycles. The maximum absolute atomic E-state index is 12.8. The number of carbonyl (C=O) groups excluding carboxylic acids is 3. The zero-order valence-electron chi connectivity index (χ0n) is 18.6. The van der Waals surface area contributed by atoms with Crippen LogP contribution in [-0.4, -0.2) is 37.2 Å². The summed E-state index contributed by atoms with van der Waals surface area (Å²) in [5, 5.41) is 7.86. The van der Waals surface area contributed by atoms with E-state index in [0.717, 1.165) is 10.6 Å². The first-order chi connectivity index (χ1) is 16.5. The smallest absolute Gasteiger partial charge is 0.255 e. The molecule has 0 spiro atoms. The fourth-order valence-electron chi connectivity index (χ4n) is 3.47. The van der Waals surface area contributed by atoms with E-state index in [1.54, 1.807) is 36.4 Å². The number of para-hydroxylation sites is 1. The highest BCUT2D eigenvalue weighted by Crippen LogP contribution is 2.39. The summed E-state index contributed by atoms with van der Waals surface area (Å²) in [6, 6.07) is 19.4. The maximum Gasteiger partial charge on any atom is 0.255 e. The predicted molar refractivity (Wildman–Crippen MR) is 132 cm³/mol. The van der Waals surface area contributed by atoms with Crippen molar-refractivity contribution < 1.29 is 23.9 Å². The number of nitrogens with one attached hydrogen (secondary N) is 3. The Kier molecular flexibility index (Phi) is 7.03. The molecule has 8 nitrogen and oxygen atoms in total. The van der Waals surface area contributed by atoms with Crippen molar-refractivity contribution in [2.24, 2.45) is 0 Å². The molecule has 0 unspecified atom stereocenters. The van der Waals surface area contributed by atoms with Gasteiger partial charge in [0, 0.05) is 29.0 Å². The van der Waals surface area contributed by atoms with Crippen LogP contribution in [0.25, 0.3) is 0 Å². The summed E-state index contributed by atoms with van der Waals surface area (Å²) in [6.45, 7) is 0. The van der Waals surface area contributed by atoms with Crippen LogP contribution in [0, 0.1) is 0 Å². The number of amides is 3. The monoisotopic (exact) mass is 477 g/mol. The van der Waals surface area contributed by atoms with Gasteiger partial charge in [0.1, 0.15) is 11.5 Å². The van der Waals surface area contributed by atoms with E-state index < -0.39 is 5.25 Å². The summed E-state index contributed by atoms with van der Waals surface area (Å²) >= 11 is 1.35. The van der Waals surface area contributed by atoms with Crippen LogP contribution < -0.4 is 25.4 Å². The van der Waals surface area contributed by atoms with Crippen molar-refractivity contribution in [2.45, 2.75) is 16.6 Å². The average molecular weight is 478 g/mol. The van der Waals surface area contributed by atoms with Gasteiger partial charge in [-0.15, -0.1) is 11.8 Å². The zero-order valence-corrected chi connectivity index (χ0v) is 19.4. The van der Waals surface area contributed by atoms with E-state index in [1.165, 1.54) is 26.0 Å². The highest BCUT2D eigenvalue weighted by Gasteiger charge is 2.29. The fraction of sp³-hybridized carbons (Fsp3) is 0.160. The van der Waals surface area contributed by atoms with Crippen LogP contribution in [0.2, 0.25) is 0 Å². The second-order valence-electron chi connectivity index (χ2n) is 7.42. The molecule has 1 atom stereocenters. The third-order valence-corrected chi connectivity index (χ3v) is 6.43. The van der Waals surface area contributed by atoms with Crippen LogP contribution in [0.5, 0.6) is 11.5 Å². The summed E-state index contributed by atoms with van der Waals surface area (Å²) in [5.41, 5.74) is 1.99. The molecule has 0 fully saturated rings. The van der Waals surface area contributed by atoms with E-state index in [2.05, 4.69) is 16.0 Å². The van der Waals surface area contributed by atoms with Crippen molar-refractivity contribution in [1.82, 2.24) is 0 Å². The molecule has 174 valence electrons. The van der Waals surface area contributed by atoms with E-state index in [-0.39, 0.29) is 24.1 Å². The number of rotatable bonds is 7. The van der Waals surface area contributed by atoms with Crippen molar-refractivity contribution in [1.29, 1.82) is 0 Å². The Balaban J connectivity index is 1.49. The lowest BCUT2D eigenvalue weighted by Gasteiger charge is -2.23. The van der Waals surface area contributed by atoms with Gasteiger partial charge in [-0.05, 0) is 24.3 Å². The summed E-state index contributed by atoms with van der Waals surface area (Å²) in [7, 11) is 2.92. The Morgan fingerprint density at radius 1 is 0.912 bits per heavy atom. The highest BCUT2D eigenvalue weighted by atomic mass is 32.2. The topological polar surface area (TPSA) is 106 Å². The van der Waals surface area contributed by atoms with Crippen LogP contribution in [0.4, 0.5) is 17.1 Å². The molecule has 0 aliphatic carbocycles. The van der Waals surface area contributed by atoms with E-state index in [1.807, 2.05) is 30.3 Å². The van der Waals surface area contributed by atoms with Gasteiger partial charge >= 0.3 is 0 Å². The molecule has 3 aromatic carbocycles. The quantitative estimate of drug-likeness (QED) is 0.466. The normalized spacial score (nSPS) is 14.4. The van der Waals surface area contributed by atoms with Crippen molar-refractivity contribution >= 4 is 46.5 Å². The largest absolute Gasteiger partial charge is 0.494 e. The molecular formula is C25H23N3O5S. The molecule has 0 radical (unpaired) electrons. The first-order valence-corrected chi connectivity index (χ1v) is 11.3. The third kappa shape index (κ3) is 5.15. The van der Waals surface area contributed by atoms with Crippen molar-refractivity contribution in [3.8, 4) is 11.5 Å². The molecule has 0 saturated heterocycles. The lowest BCUT2D eigenvalue weighted by Crippen LogP contribution is -2.32. The van der Waals surface area contributed by atoms with E-state index in [9.17, 15) is 14.4 Å². The third-order valence-electron chi connectivity index (χ3n) is 5.16. The fourth-order valence-corrected chi connectivity index (χ4v) is 4.58. The first kappa shape index (κ1) is 23.2. The van der Waals surface area contributed by atoms with E-state index in [4.69, 9.17) is 9.47 Å². The van der Waals surface area contributed by atoms with Gasteiger partial charge in [0.05, 0.1) is 36.5 Å². The van der Waals surface area contributed by atoms with Gasteiger partial charge in [0.2, 0.25) is 11.8 Å². The molecule has 1 aliphatic rings. The molecule has 1 aliphatic heterocycles. The highest BCUT2D eigenvalue weighted by molar-refractivity contribution is 8.01. The average Bonchev–Trinajstić information content (AvgIpc) is 2.85. The first-order valence-electron chi connectivity index (χ1n) is 10.5. The molecular weight excluding hydrogens is 454 g/mol. The zero-order chi connectivity index (χ0) is 24.1. The van der Waals surface area contributed by atoms with Crippen LogP contribution in [0.15, 0.2) is 71.6 Å². The lowest BCUT2D eigenvalue weighted by molar-refractivity contribution is -0.120. The van der Waals surface area contributed by atoms with Gasteiger partial charge in [0.25, 0.3) is 5.91 Å². The summed E-state index contributed by atoms with van der Waals surface area (Å²) in [6.07, 6.45) is -0.0250. The number of ether oxygens (including phenoxy) is 2. The molecule has 1 heterocycles. The molecule has 0 aromatic heterocycles. The van der Waals surface area contributed by atoms with Crippen LogP contribution in [0.3, 0.4) is 0 Å². The Labute approximate surface area is 201 Å². The van der Waals surface area contributed by atoms with Gasteiger partial charge in [-0.1, -0.05) is 30.3 Å². The van der Waals surface area contributed by atoms with Gasteiger partial charge in [-0.3, -0.25) is 14.4 Å². The molecule has 34 heavy (non-hydrogen) atoms. The molecule has 4 rings (SSSR count). The Bertz CT molecular complexity index is 1230. The Morgan fingerprint density at radius 2 is 1.53 bits per heavy atom. The molecule has 0 bridgehead atoms. The molecule has 3 amide bonds. The van der Waals surface area contributed by atoms with Gasteiger partial charge in [-0.25, -0.2) is 0 Å². The second-order valence-corrected chi connectivity index (χ2v) is 8.66. The standard InChI is InChI=1S/C25H23N3O5S/c1-32-19-13-18(28-24(30)15-8-4-3-5-9-15)20(33-2)12-17(19)26-23(29)14-22-25(31)27-16-10-6-7-11-21(16)34-22/h3-13,22H,14H2,1-2H3,(H,26,29)(H,27,31)(H,28,30)/t22-/m0/s1. The van der Waals surface area contributed by atoms with Crippen LogP contribution in [-0.2, 0) is 9.59 Å². The number of hydrogen-bond acceptors (Lipinski definition) is 6. The van der Waals surface area contributed by atoms with Gasteiger partial charge < -0.3 is 25.4 Å². The van der Waals surface area contributed by atoms with Crippen molar-refractivity contribution in [3.05, 3.63) is 72.3 Å². The lowest BCUT2D eigenvalue weighted by atomic mass is 10.2. The Hall–Kier alpha value is -3.98. The molecule has 9 heteroatoms. The van der Waals surface area contributed by atoms with Gasteiger partial charge in [-0.2, -0.15) is 0 Å². The number of benzene rings is 3. The van der Waals surface area contributed by atoms with E-state index >= 15 is 0 Å². The molecule has 3 N–H and O–H groups in total. The number of carbonyl (C=O) groups is 3. The van der Waals surface area contributed by atoms with Crippen LogP contribution in [0.1, 0.15) is 16.8 Å². The Morgan fingerprint density at radius 3 is 2.21 bits per heavy atom. The second kappa shape index (κ2) is 10.3. The summed E-state index contributed by atoms with van der Waals surface area (Å²) < 4.78 is 10.8. The number of methoxy groups -OCH3 is 2. The van der Waals surface area contributed by atoms with Crippen LogP contribution >= 0.6 is 11.8 Å². The number of anilines is 3. The van der Waals surface area contributed by atoms with Gasteiger partial charge in [0.15, 0.2) is 0 Å². The molecule has 3 aromatic rings. The summed E-state index contributed by atoms with van der Waals surface area (Å²) in [4.78, 5) is 38.7. The minimum absolute atomic E-state index is 0.0250. The van der Waals surface area contributed by atoms with Crippen molar-refractivity contribution in [3.63, 3.8) is 0 Å².